The number of hydrogen-bond donors (Lipinski definition) is 1. The highest BCUT2D eigenvalue weighted by Gasteiger charge is 2.10. The summed E-state index contributed by atoms with van der Waals surface area (Å²) in [4.78, 5) is 12.4. The summed E-state index contributed by atoms with van der Waals surface area (Å²) in [7, 11) is 0. The van der Waals surface area contributed by atoms with Crippen LogP contribution in [0, 0.1) is 14.9 Å². The molecular formula is C23H15Cl2IN2O2. The second-order valence-electron chi connectivity index (χ2n) is 6.22. The van der Waals surface area contributed by atoms with Gasteiger partial charge in [-0.15, -0.1) is 0 Å². The van der Waals surface area contributed by atoms with E-state index in [1.165, 1.54) is 0 Å². The van der Waals surface area contributed by atoms with Gasteiger partial charge < -0.3 is 10.1 Å². The maximum absolute atomic E-state index is 12.4. The van der Waals surface area contributed by atoms with Crippen molar-refractivity contribution in [3.8, 4) is 11.8 Å². The van der Waals surface area contributed by atoms with Crippen LogP contribution in [0.15, 0.2) is 72.3 Å². The van der Waals surface area contributed by atoms with E-state index in [9.17, 15) is 10.1 Å². The van der Waals surface area contributed by atoms with Gasteiger partial charge in [-0.1, -0.05) is 53.5 Å². The number of nitriles is 1. The summed E-state index contributed by atoms with van der Waals surface area (Å²) in [5, 5.41) is 13.1. The van der Waals surface area contributed by atoms with Gasteiger partial charge in [0.05, 0.1) is 13.6 Å². The maximum atomic E-state index is 12.4. The van der Waals surface area contributed by atoms with Crippen LogP contribution in [0.5, 0.6) is 5.75 Å². The molecule has 0 aliphatic carbocycles. The highest BCUT2D eigenvalue weighted by atomic mass is 127. The molecule has 0 spiro atoms. The predicted molar refractivity (Wildman–Crippen MR) is 129 cm³/mol. The van der Waals surface area contributed by atoms with Gasteiger partial charge in [-0.05, 0) is 76.2 Å². The first-order chi connectivity index (χ1) is 14.5. The third-order valence-corrected chi connectivity index (χ3v) is 5.62. The Balaban J connectivity index is 1.70. The van der Waals surface area contributed by atoms with Crippen LogP contribution in [0.2, 0.25) is 10.0 Å². The van der Waals surface area contributed by atoms with Crippen molar-refractivity contribution >= 4 is 63.5 Å². The molecule has 30 heavy (non-hydrogen) atoms. The van der Waals surface area contributed by atoms with E-state index < -0.39 is 5.91 Å². The number of nitrogens with one attached hydrogen (secondary N) is 1. The van der Waals surface area contributed by atoms with E-state index in [0.29, 0.717) is 28.1 Å². The van der Waals surface area contributed by atoms with E-state index in [-0.39, 0.29) is 5.57 Å². The summed E-state index contributed by atoms with van der Waals surface area (Å²) in [5.41, 5.74) is 2.26. The fourth-order valence-corrected chi connectivity index (χ4v) is 3.57. The number of para-hydroxylation sites is 1. The highest BCUT2D eigenvalue weighted by Crippen LogP contribution is 2.26. The summed E-state index contributed by atoms with van der Waals surface area (Å²) < 4.78 is 6.71. The Hall–Kier alpha value is -2.53. The number of nitrogens with zero attached hydrogens (tertiary/aromatic N) is 1. The number of benzene rings is 3. The summed E-state index contributed by atoms with van der Waals surface area (Å²) in [6, 6.07) is 21.7. The Kier molecular flexibility index (Phi) is 7.75. The molecule has 0 fully saturated rings. The SMILES string of the molecule is N#CC(=Cc1ccc(OCc2ccc(Cl)c(Cl)c2)c(I)c1)C(=O)Nc1ccccc1. The Labute approximate surface area is 198 Å². The lowest BCUT2D eigenvalue weighted by molar-refractivity contribution is -0.112. The lowest BCUT2D eigenvalue weighted by atomic mass is 10.1. The first-order valence-corrected chi connectivity index (χ1v) is 10.6. The molecule has 3 aromatic rings. The lowest BCUT2D eigenvalue weighted by Gasteiger charge is -2.10. The van der Waals surface area contributed by atoms with Crippen LogP contribution in [0.1, 0.15) is 11.1 Å². The number of rotatable bonds is 6. The number of hydrogen-bond acceptors (Lipinski definition) is 3. The number of halogens is 3. The molecule has 0 saturated heterocycles. The second kappa shape index (κ2) is 10.5. The van der Waals surface area contributed by atoms with E-state index >= 15 is 0 Å². The zero-order valence-corrected chi connectivity index (χ0v) is 19.2. The number of ether oxygens (including phenoxy) is 1. The minimum Gasteiger partial charge on any atom is -0.488 e. The molecule has 1 N–H and O–H groups in total. The van der Waals surface area contributed by atoms with Gasteiger partial charge in [-0.25, -0.2) is 0 Å². The van der Waals surface area contributed by atoms with E-state index in [1.807, 2.05) is 36.4 Å². The van der Waals surface area contributed by atoms with Crippen molar-refractivity contribution in [2.24, 2.45) is 0 Å². The topological polar surface area (TPSA) is 62.1 Å². The minimum absolute atomic E-state index is 0.0131. The van der Waals surface area contributed by atoms with Crippen molar-refractivity contribution in [1.29, 1.82) is 5.26 Å². The van der Waals surface area contributed by atoms with Crippen molar-refractivity contribution in [3.05, 3.63) is 97.0 Å². The summed E-state index contributed by atoms with van der Waals surface area (Å²) >= 11 is 14.1. The molecule has 0 aliphatic rings. The molecule has 0 heterocycles. The van der Waals surface area contributed by atoms with Gasteiger partial charge in [0.2, 0.25) is 0 Å². The van der Waals surface area contributed by atoms with Crippen LogP contribution in [0.4, 0.5) is 5.69 Å². The van der Waals surface area contributed by atoms with E-state index in [2.05, 4.69) is 27.9 Å². The monoisotopic (exact) mass is 548 g/mol. The molecule has 4 nitrogen and oxygen atoms in total. The van der Waals surface area contributed by atoms with Gasteiger partial charge in [-0.3, -0.25) is 4.79 Å². The smallest absolute Gasteiger partial charge is 0.266 e. The normalized spacial score (nSPS) is 10.9. The standard InChI is InChI=1S/C23H15Cl2IN2O2/c24-19-8-6-16(11-20(19)25)14-30-22-9-7-15(12-21(22)26)10-17(13-27)23(29)28-18-4-2-1-3-5-18/h1-12H,14H2,(H,28,29). The average Bonchev–Trinajstić information content (AvgIpc) is 2.74. The first kappa shape index (κ1) is 22.2. The third-order valence-electron chi connectivity index (χ3n) is 4.04. The van der Waals surface area contributed by atoms with Crippen molar-refractivity contribution in [2.75, 3.05) is 5.32 Å². The van der Waals surface area contributed by atoms with Crippen LogP contribution in [0.3, 0.4) is 0 Å². The quantitative estimate of drug-likeness (QED) is 0.211. The number of carbonyl (C=O) groups is 1. The van der Waals surface area contributed by atoms with Crippen LogP contribution in [0.25, 0.3) is 6.08 Å². The zero-order chi connectivity index (χ0) is 21.5. The Bertz CT molecular complexity index is 1140. The van der Waals surface area contributed by atoms with Gasteiger partial charge >= 0.3 is 0 Å². The van der Waals surface area contributed by atoms with Gasteiger partial charge in [0.1, 0.15) is 24.0 Å². The van der Waals surface area contributed by atoms with E-state index in [1.54, 1.807) is 42.5 Å². The maximum Gasteiger partial charge on any atom is 0.266 e. The van der Waals surface area contributed by atoms with Crippen LogP contribution in [-0.4, -0.2) is 5.91 Å². The second-order valence-corrected chi connectivity index (χ2v) is 8.19. The summed E-state index contributed by atoms with van der Waals surface area (Å²) in [6.45, 7) is 0.338. The van der Waals surface area contributed by atoms with Crippen LogP contribution >= 0.6 is 45.8 Å². The van der Waals surface area contributed by atoms with Crippen molar-refractivity contribution in [3.63, 3.8) is 0 Å². The Morgan fingerprint density at radius 2 is 1.83 bits per heavy atom. The molecule has 3 aromatic carbocycles. The Morgan fingerprint density at radius 1 is 1.07 bits per heavy atom. The summed E-state index contributed by atoms with van der Waals surface area (Å²) in [5.74, 6) is 0.227. The van der Waals surface area contributed by atoms with Crippen LogP contribution in [-0.2, 0) is 11.4 Å². The summed E-state index contributed by atoms with van der Waals surface area (Å²) in [6.07, 6.45) is 1.54. The number of carbonyl (C=O) groups excluding carboxylic acids is 1. The molecule has 0 radical (unpaired) electrons. The highest BCUT2D eigenvalue weighted by molar-refractivity contribution is 14.1. The minimum atomic E-state index is -0.460. The fourth-order valence-electron chi connectivity index (χ4n) is 2.55. The average molecular weight is 549 g/mol. The molecule has 0 aromatic heterocycles. The Morgan fingerprint density at radius 3 is 2.50 bits per heavy atom. The van der Waals surface area contributed by atoms with Gasteiger partial charge in [0.15, 0.2) is 0 Å². The molecule has 0 saturated carbocycles. The molecule has 7 heteroatoms. The molecule has 0 aliphatic heterocycles. The van der Waals surface area contributed by atoms with E-state index in [0.717, 1.165) is 14.7 Å². The molecule has 0 unspecified atom stereocenters. The van der Waals surface area contributed by atoms with Crippen molar-refractivity contribution < 1.29 is 9.53 Å². The van der Waals surface area contributed by atoms with Crippen molar-refractivity contribution in [1.82, 2.24) is 0 Å². The molecule has 1 amide bonds. The van der Waals surface area contributed by atoms with Gasteiger partial charge in [0, 0.05) is 5.69 Å². The van der Waals surface area contributed by atoms with E-state index in [4.69, 9.17) is 27.9 Å². The van der Waals surface area contributed by atoms with Gasteiger partial charge in [0.25, 0.3) is 5.91 Å². The largest absolute Gasteiger partial charge is 0.488 e. The molecular weight excluding hydrogens is 534 g/mol. The fraction of sp³-hybridized carbons (Fsp3) is 0.0435. The molecule has 0 bridgehead atoms. The number of anilines is 1. The molecule has 150 valence electrons. The first-order valence-electron chi connectivity index (χ1n) is 8.81. The molecule has 3 rings (SSSR count). The molecule has 0 atom stereocenters. The van der Waals surface area contributed by atoms with Crippen molar-refractivity contribution in [2.45, 2.75) is 6.61 Å². The van der Waals surface area contributed by atoms with Crippen LogP contribution < -0.4 is 10.1 Å². The van der Waals surface area contributed by atoms with Gasteiger partial charge in [-0.2, -0.15) is 5.26 Å². The zero-order valence-electron chi connectivity index (χ0n) is 15.5. The number of amides is 1. The predicted octanol–water partition coefficient (Wildman–Crippen LogP) is 6.72. The lowest BCUT2D eigenvalue weighted by Crippen LogP contribution is -2.13. The third kappa shape index (κ3) is 5.99.